The quantitative estimate of drug-likeness (QED) is 0.647. The first-order chi connectivity index (χ1) is 15.0. The van der Waals surface area contributed by atoms with Gasteiger partial charge in [-0.3, -0.25) is 4.79 Å². The number of halogens is 1. The molecule has 0 aromatic heterocycles. The second-order valence-electron chi connectivity index (χ2n) is 8.63. The molecule has 0 N–H and O–H groups in total. The van der Waals surface area contributed by atoms with Crippen molar-refractivity contribution in [1.29, 1.82) is 0 Å². The largest absolute Gasteiger partial charge is 0.494 e. The van der Waals surface area contributed by atoms with Crippen LogP contribution in [0.3, 0.4) is 0 Å². The van der Waals surface area contributed by atoms with Gasteiger partial charge in [-0.25, -0.2) is 12.8 Å². The molecule has 32 heavy (non-hydrogen) atoms. The van der Waals surface area contributed by atoms with Crippen LogP contribution in [-0.2, 0) is 16.6 Å². The summed E-state index contributed by atoms with van der Waals surface area (Å²) in [5.74, 6) is -0.179. The summed E-state index contributed by atoms with van der Waals surface area (Å²) in [6.07, 6.45) is 1.66. The zero-order valence-electron chi connectivity index (χ0n) is 19.3. The van der Waals surface area contributed by atoms with Crippen LogP contribution in [0.1, 0.15) is 46.8 Å². The average Bonchev–Trinajstić information content (AvgIpc) is 2.75. The fourth-order valence-electron chi connectivity index (χ4n) is 3.96. The van der Waals surface area contributed by atoms with Gasteiger partial charge >= 0.3 is 0 Å². The number of rotatable bonds is 6. The van der Waals surface area contributed by atoms with Crippen molar-refractivity contribution in [1.82, 2.24) is 9.21 Å². The number of aryl methyl sites for hydroxylation is 1. The lowest BCUT2D eigenvalue weighted by atomic mass is 10.0. The first kappa shape index (κ1) is 24.2. The molecule has 2 aromatic rings. The molecule has 174 valence electrons. The molecule has 8 heteroatoms. The summed E-state index contributed by atoms with van der Waals surface area (Å²) in [6.45, 7) is 6.86. The van der Waals surface area contributed by atoms with Crippen molar-refractivity contribution in [3.8, 4) is 5.75 Å². The van der Waals surface area contributed by atoms with E-state index in [1.807, 2.05) is 6.92 Å². The number of ether oxygens (including phenoxy) is 1. The van der Waals surface area contributed by atoms with Crippen LogP contribution in [0.5, 0.6) is 5.75 Å². The van der Waals surface area contributed by atoms with Gasteiger partial charge in [0, 0.05) is 32.2 Å². The zero-order chi connectivity index (χ0) is 23.6. The molecule has 1 aliphatic rings. The lowest BCUT2D eigenvalue weighted by Crippen LogP contribution is -2.38. The highest BCUT2D eigenvalue weighted by molar-refractivity contribution is 7.89. The lowest BCUT2D eigenvalue weighted by molar-refractivity contribution is 0.0784. The topological polar surface area (TPSA) is 66.9 Å². The SMILES string of the molecule is COc1ccc(CN(C)C(=O)c2cc(C)c(C)c(S(=O)(=O)N3CCC(C)CC3)c2)cc1F. The third-order valence-electron chi connectivity index (χ3n) is 6.21. The molecule has 1 aliphatic heterocycles. The third-order valence-corrected chi connectivity index (χ3v) is 8.23. The molecule has 0 saturated carbocycles. The molecule has 0 bridgehead atoms. The highest BCUT2D eigenvalue weighted by Crippen LogP contribution is 2.28. The van der Waals surface area contributed by atoms with Gasteiger partial charge < -0.3 is 9.64 Å². The van der Waals surface area contributed by atoms with Gasteiger partial charge in [0.15, 0.2) is 11.6 Å². The van der Waals surface area contributed by atoms with Crippen LogP contribution in [0.25, 0.3) is 0 Å². The number of carbonyl (C=O) groups excluding carboxylic acids is 1. The summed E-state index contributed by atoms with van der Waals surface area (Å²) in [4.78, 5) is 14.7. The minimum atomic E-state index is -3.69. The first-order valence-electron chi connectivity index (χ1n) is 10.7. The molecule has 1 heterocycles. The predicted octanol–water partition coefficient (Wildman–Crippen LogP) is 4.14. The van der Waals surface area contributed by atoms with Crippen molar-refractivity contribution >= 4 is 15.9 Å². The Balaban J connectivity index is 1.87. The molecule has 0 aliphatic carbocycles. The van der Waals surface area contributed by atoms with Gasteiger partial charge in [0.25, 0.3) is 5.91 Å². The third kappa shape index (κ3) is 4.96. The monoisotopic (exact) mass is 462 g/mol. The van der Waals surface area contributed by atoms with Gasteiger partial charge in [0.1, 0.15) is 0 Å². The maximum Gasteiger partial charge on any atom is 0.253 e. The molecule has 6 nitrogen and oxygen atoms in total. The summed E-state index contributed by atoms with van der Waals surface area (Å²) >= 11 is 0. The van der Waals surface area contributed by atoms with E-state index in [2.05, 4.69) is 6.92 Å². The Morgan fingerprint density at radius 3 is 2.44 bits per heavy atom. The van der Waals surface area contributed by atoms with Crippen LogP contribution < -0.4 is 4.74 Å². The minimum Gasteiger partial charge on any atom is -0.494 e. The van der Waals surface area contributed by atoms with Gasteiger partial charge in [0.2, 0.25) is 10.0 Å². The lowest BCUT2D eigenvalue weighted by Gasteiger charge is -2.30. The number of piperidine rings is 1. The maximum atomic E-state index is 14.0. The normalized spacial score (nSPS) is 15.6. The molecular formula is C24H31FN2O4S. The van der Waals surface area contributed by atoms with E-state index in [0.717, 1.165) is 18.4 Å². The first-order valence-corrected chi connectivity index (χ1v) is 12.2. The van der Waals surface area contributed by atoms with Crippen LogP contribution in [0.15, 0.2) is 35.2 Å². The summed E-state index contributed by atoms with van der Waals surface area (Å²) in [5, 5.41) is 0. The predicted molar refractivity (Wildman–Crippen MR) is 122 cm³/mol. The highest BCUT2D eigenvalue weighted by Gasteiger charge is 2.30. The van der Waals surface area contributed by atoms with Crippen molar-refractivity contribution in [3.63, 3.8) is 0 Å². The number of amides is 1. The average molecular weight is 463 g/mol. The second kappa shape index (κ2) is 9.58. The van der Waals surface area contributed by atoms with E-state index in [0.29, 0.717) is 35.7 Å². The number of benzene rings is 2. The minimum absolute atomic E-state index is 0.138. The molecule has 0 atom stereocenters. The molecule has 2 aromatic carbocycles. The van der Waals surface area contributed by atoms with E-state index in [1.165, 1.54) is 34.5 Å². The second-order valence-corrected chi connectivity index (χ2v) is 10.5. The number of hydrogen-bond acceptors (Lipinski definition) is 4. The van der Waals surface area contributed by atoms with Gasteiger partial charge in [-0.05, 0) is 73.6 Å². The van der Waals surface area contributed by atoms with Crippen molar-refractivity contribution < 1.29 is 22.3 Å². The fourth-order valence-corrected chi connectivity index (χ4v) is 5.75. The number of nitrogens with zero attached hydrogens (tertiary/aromatic N) is 2. The molecular weight excluding hydrogens is 431 g/mol. The summed E-state index contributed by atoms with van der Waals surface area (Å²) < 4.78 is 47.2. The van der Waals surface area contributed by atoms with Crippen LogP contribution in [0.4, 0.5) is 4.39 Å². The Bertz CT molecular complexity index is 1110. The fraction of sp³-hybridized carbons (Fsp3) is 0.458. The Hall–Kier alpha value is -2.45. The number of hydrogen-bond donors (Lipinski definition) is 0. The van der Waals surface area contributed by atoms with E-state index >= 15 is 0 Å². The smallest absolute Gasteiger partial charge is 0.253 e. The van der Waals surface area contributed by atoms with Gasteiger partial charge in [-0.2, -0.15) is 4.31 Å². The van der Waals surface area contributed by atoms with Crippen LogP contribution in [0, 0.1) is 25.6 Å². The van der Waals surface area contributed by atoms with Crippen molar-refractivity contribution in [2.24, 2.45) is 5.92 Å². The highest BCUT2D eigenvalue weighted by atomic mass is 32.2. The van der Waals surface area contributed by atoms with Gasteiger partial charge in [0.05, 0.1) is 12.0 Å². The standard InChI is InChI=1S/C24H31FN2O4S/c1-16-8-10-27(11-9-16)32(29,30)23-14-20(12-17(2)18(23)3)24(28)26(4)15-19-6-7-22(31-5)21(25)13-19/h6-7,12-14,16H,8-11,15H2,1-5H3. The molecule has 0 unspecified atom stereocenters. The number of methoxy groups -OCH3 is 1. The summed E-state index contributed by atoms with van der Waals surface area (Å²) in [6, 6.07) is 7.72. The van der Waals surface area contributed by atoms with Crippen LogP contribution in [0.2, 0.25) is 0 Å². The molecule has 0 radical (unpaired) electrons. The van der Waals surface area contributed by atoms with Gasteiger partial charge in [-0.1, -0.05) is 13.0 Å². The zero-order valence-corrected chi connectivity index (χ0v) is 20.1. The van der Waals surface area contributed by atoms with E-state index in [4.69, 9.17) is 4.74 Å². The summed E-state index contributed by atoms with van der Waals surface area (Å²) in [5.41, 5.74) is 2.30. The van der Waals surface area contributed by atoms with E-state index in [9.17, 15) is 17.6 Å². The molecule has 1 amide bonds. The molecule has 0 spiro atoms. The Labute approximate surface area is 190 Å². The van der Waals surface area contributed by atoms with E-state index < -0.39 is 15.8 Å². The Morgan fingerprint density at radius 1 is 1.19 bits per heavy atom. The van der Waals surface area contributed by atoms with Crippen molar-refractivity contribution in [3.05, 3.63) is 58.4 Å². The number of sulfonamides is 1. The summed E-state index contributed by atoms with van der Waals surface area (Å²) in [7, 11) is -0.690. The molecule has 3 rings (SSSR count). The molecule has 1 fully saturated rings. The van der Waals surface area contributed by atoms with Crippen molar-refractivity contribution in [2.75, 3.05) is 27.2 Å². The Morgan fingerprint density at radius 2 is 1.84 bits per heavy atom. The van der Waals surface area contributed by atoms with Crippen molar-refractivity contribution in [2.45, 2.75) is 45.1 Å². The van der Waals surface area contributed by atoms with Gasteiger partial charge in [-0.15, -0.1) is 0 Å². The Kier molecular flexibility index (Phi) is 7.25. The maximum absolute atomic E-state index is 14.0. The van der Waals surface area contributed by atoms with Crippen LogP contribution >= 0.6 is 0 Å². The van der Waals surface area contributed by atoms with Crippen LogP contribution in [-0.4, -0.2) is 50.8 Å². The molecule has 1 saturated heterocycles. The van der Waals surface area contributed by atoms with E-state index in [1.54, 1.807) is 26.1 Å². The van der Waals surface area contributed by atoms with E-state index in [-0.39, 0.29) is 23.1 Å². The number of carbonyl (C=O) groups is 1.